The molecule has 3 unspecified atom stereocenters. The fourth-order valence-electron chi connectivity index (χ4n) is 6.85. The maximum atomic E-state index is 13.5. The fraction of sp³-hybridized carbons (Fsp3) is 0.344. The summed E-state index contributed by atoms with van der Waals surface area (Å²) in [5, 5.41) is 17.4. The minimum absolute atomic E-state index is 0.0130. The second-order valence-corrected chi connectivity index (χ2v) is 10.9. The van der Waals surface area contributed by atoms with Gasteiger partial charge in [-0.2, -0.15) is 5.10 Å². The number of hydrogen-bond acceptors (Lipinski definition) is 2. The zero-order valence-corrected chi connectivity index (χ0v) is 21.0. The lowest BCUT2D eigenvalue weighted by atomic mass is 9.55. The van der Waals surface area contributed by atoms with Gasteiger partial charge in [-0.05, 0) is 110 Å². The largest absolute Gasteiger partial charge is 0.386 e. The van der Waals surface area contributed by atoms with Crippen molar-refractivity contribution in [3.8, 4) is 5.69 Å². The second kappa shape index (κ2) is 8.70. The van der Waals surface area contributed by atoms with Gasteiger partial charge in [-0.25, -0.2) is 9.07 Å². The zero-order valence-electron chi connectivity index (χ0n) is 21.0. The van der Waals surface area contributed by atoms with Crippen LogP contribution in [-0.4, -0.2) is 20.5 Å². The third-order valence-electron chi connectivity index (χ3n) is 8.79. The van der Waals surface area contributed by atoms with Crippen molar-refractivity contribution in [3.63, 3.8) is 0 Å². The number of aryl methyl sites for hydroxylation is 1. The van der Waals surface area contributed by atoms with Crippen LogP contribution < -0.4 is 0 Å². The Bertz CT molecular complexity index is 1430. The van der Waals surface area contributed by atoms with Gasteiger partial charge in [0.05, 0.1) is 23.0 Å². The fourth-order valence-corrected chi connectivity index (χ4v) is 6.85. The van der Waals surface area contributed by atoms with Gasteiger partial charge < -0.3 is 5.11 Å². The number of rotatable bonds is 3. The zero-order chi connectivity index (χ0) is 24.9. The predicted octanol–water partition coefficient (Wildman–Crippen LogP) is 7.39. The summed E-state index contributed by atoms with van der Waals surface area (Å²) in [4.78, 5) is 0. The van der Waals surface area contributed by atoms with E-state index in [2.05, 4.69) is 54.5 Å². The van der Waals surface area contributed by atoms with E-state index in [0.717, 1.165) is 66.3 Å². The third kappa shape index (κ3) is 3.79. The van der Waals surface area contributed by atoms with Crippen LogP contribution in [0.2, 0.25) is 0 Å². The first-order valence-electron chi connectivity index (χ1n) is 13.2. The summed E-state index contributed by atoms with van der Waals surface area (Å²) < 4.78 is 15.4. The Morgan fingerprint density at radius 3 is 2.64 bits per heavy atom. The highest BCUT2D eigenvalue weighted by atomic mass is 19.1. The first-order valence-corrected chi connectivity index (χ1v) is 13.2. The summed E-state index contributed by atoms with van der Waals surface area (Å²) in [6.45, 7) is 4.32. The number of halogens is 1. The van der Waals surface area contributed by atoms with Crippen LogP contribution in [0.4, 0.5) is 4.39 Å². The van der Waals surface area contributed by atoms with E-state index in [1.54, 1.807) is 12.1 Å². The number of benzene rings is 3. The molecule has 1 N–H and O–H groups in total. The molecular formula is C32H33FN2O. The van der Waals surface area contributed by atoms with Gasteiger partial charge in [-0.3, -0.25) is 0 Å². The lowest BCUT2D eigenvalue weighted by Crippen LogP contribution is -2.47. The van der Waals surface area contributed by atoms with Gasteiger partial charge in [0.25, 0.3) is 0 Å². The van der Waals surface area contributed by atoms with E-state index in [1.807, 2.05) is 23.9 Å². The third-order valence-corrected chi connectivity index (χ3v) is 8.79. The normalized spacial score (nSPS) is 27.0. The molecule has 3 nitrogen and oxygen atoms in total. The first kappa shape index (κ1) is 23.2. The molecule has 184 valence electrons. The van der Waals surface area contributed by atoms with Gasteiger partial charge in [0, 0.05) is 10.8 Å². The molecule has 0 aliphatic heterocycles. The van der Waals surface area contributed by atoms with Crippen molar-refractivity contribution < 1.29 is 9.50 Å². The molecule has 1 heterocycles. The molecule has 0 spiro atoms. The predicted molar refractivity (Wildman–Crippen MR) is 144 cm³/mol. The van der Waals surface area contributed by atoms with Crippen LogP contribution >= 0.6 is 0 Å². The minimum atomic E-state index is -0.804. The monoisotopic (exact) mass is 480 g/mol. The van der Waals surface area contributed by atoms with Crippen molar-refractivity contribution in [2.75, 3.05) is 0 Å². The molecule has 1 saturated carbocycles. The summed E-state index contributed by atoms with van der Waals surface area (Å²) >= 11 is 0. The van der Waals surface area contributed by atoms with Crippen LogP contribution in [0, 0.1) is 11.7 Å². The van der Waals surface area contributed by atoms with E-state index in [9.17, 15) is 9.50 Å². The van der Waals surface area contributed by atoms with E-state index < -0.39 is 5.60 Å². The Morgan fingerprint density at radius 2 is 1.89 bits per heavy atom. The first-order chi connectivity index (χ1) is 17.4. The highest BCUT2D eigenvalue weighted by Gasteiger charge is 2.50. The number of hydrogen-bond donors (Lipinski definition) is 1. The van der Waals surface area contributed by atoms with Crippen LogP contribution in [0.3, 0.4) is 0 Å². The van der Waals surface area contributed by atoms with E-state index >= 15 is 0 Å². The van der Waals surface area contributed by atoms with E-state index in [0.29, 0.717) is 5.92 Å². The van der Waals surface area contributed by atoms with Gasteiger partial charge in [0.2, 0.25) is 0 Å². The molecule has 1 aromatic heterocycles. The van der Waals surface area contributed by atoms with Crippen LogP contribution in [0.25, 0.3) is 22.7 Å². The van der Waals surface area contributed by atoms with Gasteiger partial charge in [-0.15, -0.1) is 0 Å². The van der Waals surface area contributed by atoms with Crippen molar-refractivity contribution in [3.05, 3.63) is 101 Å². The van der Waals surface area contributed by atoms with Crippen LogP contribution in [0.5, 0.6) is 0 Å². The quantitative estimate of drug-likeness (QED) is 0.332. The van der Waals surface area contributed by atoms with E-state index in [-0.39, 0.29) is 11.2 Å². The van der Waals surface area contributed by atoms with Crippen molar-refractivity contribution in [1.82, 2.24) is 9.78 Å². The van der Waals surface area contributed by atoms with Crippen molar-refractivity contribution >= 4 is 17.0 Å². The smallest absolute Gasteiger partial charge is 0.123 e. The van der Waals surface area contributed by atoms with Crippen LogP contribution in [0.1, 0.15) is 62.6 Å². The molecule has 0 amide bonds. The Hall–Kier alpha value is -3.24. The summed E-state index contributed by atoms with van der Waals surface area (Å²) in [6.07, 6.45) is 10.1. The Kier molecular flexibility index (Phi) is 5.60. The summed E-state index contributed by atoms with van der Waals surface area (Å²) in [5.41, 5.74) is 6.19. The van der Waals surface area contributed by atoms with E-state index in [4.69, 9.17) is 0 Å². The molecule has 3 aromatic carbocycles. The number of nitrogens with zero attached hydrogens (tertiary/aromatic N) is 2. The molecule has 4 aromatic rings. The van der Waals surface area contributed by atoms with Crippen molar-refractivity contribution in [1.29, 1.82) is 0 Å². The maximum absolute atomic E-state index is 13.5. The molecule has 4 heteroatoms. The standard InChI is InChI=1S/C32H33FN2O/c1-3-32-20-26(16-22-8-5-4-6-9-22)31(2,36)19-25(32)11-7-10-23-18-30-24(17-29(23)32)21-34-35(30)28-14-12-27(33)13-15-28/h4-6,8-9,12-18,21,25,36H,3,7,10-11,19-20H2,1-2H3/b26-16+. The van der Waals surface area contributed by atoms with E-state index in [1.165, 1.54) is 23.3 Å². The Balaban J connectivity index is 1.49. The van der Waals surface area contributed by atoms with Crippen molar-refractivity contribution in [2.24, 2.45) is 5.92 Å². The van der Waals surface area contributed by atoms with Gasteiger partial charge >= 0.3 is 0 Å². The average molecular weight is 481 g/mol. The minimum Gasteiger partial charge on any atom is -0.386 e. The Labute approximate surface area is 212 Å². The summed E-state index contributed by atoms with van der Waals surface area (Å²) in [6, 6.07) is 21.6. The second-order valence-electron chi connectivity index (χ2n) is 10.9. The topological polar surface area (TPSA) is 38.1 Å². The van der Waals surface area contributed by atoms with Gasteiger partial charge in [0.1, 0.15) is 5.82 Å². The lowest BCUT2D eigenvalue weighted by Gasteiger charge is -2.50. The molecule has 6 rings (SSSR count). The van der Waals surface area contributed by atoms with Crippen LogP contribution in [0.15, 0.2) is 78.5 Å². The molecule has 3 atom stereocenters. The van der Waals surface area contributed by atoms with Gasteiger partial charge in [-0.1, -0.05) is 43.3 Å². The average Bonchev–Trinajstić information content (AvgIpc) is 3.22. The summed E-state index contributed by atoms with van der Waals surface area (Å²) in [7, 11) is 0. The molecular weight excluding hydrogens is 447 g/mol. The highest BCUT2D eigenvalue weighted by Crippen LogP contribution is 2.56. The molecule has 36 heavy (non-hydrogen) atoms. The maximum Gasteiger partial charge on any atom is 0.123 e. The summed E-state index contributed by atoms with van der Waals surface area (Å²) in [5.74, 6) is 0.184. The molecule has 0 radical (unpaired) electrons. The highest BCUT2D eigenvalue weighted by molar-refractivity contribution is 5.83. The number of fused-ring (bicyclic) bond motifs is 4. The number of aromatic nitrogens is 2. The molecule has 1 fully saturated rings. The Morgan fingerprint density at radius 1 is 1.11 bits per heavy atom. The van der Waals surface area contributed by atoms with Crippen LogP contribution in [-0.2, 0) is 11.8 Å². The lowest BCUT2D eigenvalue weighted by molar-refractivity contribution is 0.0136. The van der Waals surface area contributed by atoms with Crippen molar-refractivity contribution in [2.45, 2.75) is 63.4 Å². The van der Waals surface area contributed by atoms with Gasteiger partial charge in [0.15, 0.2) is 0 Å². The number of aliphatic hydroxyl groups is 1. The SMILES string of the molecule is CCC12C/C(=C\c3ccccc3)C(C)(O)CC1CCCc1cc3c(cnn3-c3ccc(F)cc3)cc12. The molecule has 2 aliphatic carbocycles. The molecule has 0 saturated heterocycles. The molecule has 0 bridgehead atoms. The molecule has 2 aliphatic rings.